The van der Waals surface area contributed by atoms with Gasteiger partial charge >= 0.3 is 0 Å². The van der Waals surface area contributed by atoms with E-state index in [0.717, 1.165) is 18.1 Å². The molecule has 0 saturated heterocycles. The summed E-state index contributed by atoms with van der Waals surface area (Å²) < 4.78 is 8.24. The third-order valence-corrected chi connectivity index (χ3v) is 3.78. The molecule has 0 aliphatic carbocycles. The molecule has 3 nitrogen and oxygen atoms in total. The number of hydrogen-bond acceptors (Lipinski definition) is 2. The number of aryl methyl sites for hydroxylation is 2. The molecule has 108 valence electrons. The average Bonchev–Trinajstić information content (AvgIpc) is 2.76. The number of rotatable bonds is 4. The molecule has 2 aromatic carbocycles. The number of aromatic nitrogens is 1. The lowest BCUT2D eigenvalue weighted by Gasteiger charge is -2.10. The van der Waals surface area contributed by atoms with Crippen molar-refractivity contribution < 1.29 is 4.74 Å². The van der Waals surface area contributed by atoms with Crippen LogP contribution in [0.15, 0.2) is 48.5 Å². The summed E-state index contributed by atoms with van der Waals surface area (Å²) in [7, 11) is 2.03. The Morgan fingerprint density at radius 3 is 2.48 bits per heavy atom. The molecule has 0 fully saturated rings. The van der Waals surface area contributed by atoms with Gasteiger partial charge in [0.15, 0.2) is 0 Å². The average molecular weight is 280 g/mol. The first-order chi connectivity index (χ1) is 10.2. The van der Waals surface area contributed by atoms with Gasteiger partial charge in [-0.05, 0) is 38.1 Å². The SMILES string of the molecule is Cc1ccc(Oc2c(CCN)c3ccccc3n2C)cc1. The second-order valence-electron chi connectivity index (χ2n) is 5.31. The normalized spacial score (nSPS) is 11.0. The number of hydrogen-bond donors (Lipinski definition) is 1. The van der Waals surface area contributed by atoms with Gasteiger partial charge in [0.25, 0.3) is 0 Å². The first-order valence-electron chi connectivity index (χ1n) is 7.21. The Labute approximate surface area is 125 Å². The fraction of sp³-hybridized carbons (Fsp3) is 0.222. The lowest BCUT2D eigenvalue weighted by molar-refractivity contribution is 0.440. The maximum Gasteiger partial charge on any atom is 0.204 e. The summed E-state index contributed by atoms with van der Waals surface area (Å²) in [5, 5.41) is 1.22. The first kappa shape index (κ1) is 13.7. The minimum Gasteiger partial charge on any atom is -0.441 e. The van der Waals surface area contributed by atoms with Crippen LogP contribution >= 0.6 is 0 Å². The molecule has 3 rings (SSSR count). The van der Waals surface area contributed by atoms with E-state index < -0.39 is 0 Å². The van der Waals surface area contributed by atoms with Gasteiger partial charge in [0.1, 0.15) is 5.75 Å². The second-order valence-corrected chi connectivity index (χ2v) is 5.31. The summed E-state index contributed by atoms with van der Waals surface area (Å²) in [6.07, 6.45) is 0.808. The fourth-order valence-electron chi connectivity index (χ4n) is 2.68. The maximum absolute atomic E-state index is 6.14. The fourth-order valence-corrected chi connectivity index (χ4v) is 2.68. The van der Waals surface area contributed by atoms with Gasteiger partial charge in [0.2, 0.25) is 5.88 Å². The molecule has 21 heavy (non-hydrogen) atoms. The number of fused-ring (bicyclic) bond motifs is 1. The summed E-state index contributed by atoms with van der Waals surface area (Å²) >= 11 is 0. The molecule has 0 unspecified atom stereocenters. The number of nitrogens with two attached hydrogens (primary N) is 1. The van der Waals surface area contributed by atoms with Crippen LogP contribution in [0.1, 0.15) is 11.1 Å². The van der Waals surface area contributed by atoms with Crippen LogP contribution in [-0.4, -0.2) is 11.1 Å². The van der Waals surface area contributed by atoms with Crippen molar-refractivity contribution in [3.05, 3.63) is 59.7 Å². The molecule has 0 aliphatic heterocycles. The van der Waals surface area contributed by atoms with Crippen molar-refractivity contribution in [2.24, 2.45) is 12.8 Å². The molecule has 1 heterocycles. The molecule has 0 bridgehead atoms. The Morgan fingerprint density at radius 2 is 1.76 bits per heavy atom. The highest BCUT2D eigenvalue weighted by atomic mass is 16.5. The van der Waals surface area contributed by atoms with E-state index in [2.05, 4.69) is 41.8 Å². The van der Waals surface area contributed by atoms with E-state index in [1.807, 2.05) is 25.2 Å². The van der Waals surface area contributed by atoms with E-state index in [-0.39, 0.29) is 0 Å². The maximum atomic E-state index is 6.14. The van der Waals surface area contributed by atoms with Crippen molar-refractivity contribution in [1.82, 2.24) is 4.57 Å². The van der Waals surface area contributed by atoms with E-state index in [1.54, 1.807) is 0 Å². The van der Waals surface area contributed by atoms with Crippen molar-refractivity contribution in [3.8, 4) is 11.6 Å². The molecule has 0 radical (unpaired) electrons. The van der Waals surface area contributed by atoms with Gasteiger partial charge in [-0.1, -0.05) is 35.9 Å². The van der Waals surface area contributed by atoms with Crippen LogP contribution in [-0.2, 0) is 13.5 Å². The third kappa shape index (κ3) is 2.52. The van der Waals surface area contributed by atoms with Crippen LogP contribution in [0.2, 0.25) is 0 Å². The highest BCUT2D eigenvalue weighted by molar-refractivity contribution is 5.87. The minimum absolute atomic E-state index is 0.609. The van der Waals surface area contributed by atoms with Crippen molar-refractivity contribution in [3.63, 3.8) is 0 Å². The molecule has 0 atom stereocenters. The van der Waals surface area contributed by atoms with Gasteiger partial charge in [0, 0.05) is 18.0 Å². The molecule has 3 aromatic rings. The van der Waals surface area contributed by atoms with Gasteiger partial charge in [0.05, 0.1) is 5.52 Å². The Balaban J connectivity index is 2.09. The van der Waals surface area contributed by atoms with Crippen molar-refractivity contribution in [2.75, 3.05) is 6.54 Å². The van der Waals surface area contributed by atoms with Crippen molar-refractivity contribution in [1.29, 1.82) is 0 Å². The quantitative estimate of drug-likeness (QED) is 0.790. The molecule has 2 N–H and O–H groups in total. The van der Waals surface area contributed by atoms with Crippen molar-refractivity contribution >= 4 is 10.9 Å². The highest BCUT2D eigenvalue weighted by Gasteiger charge is 2.16. The van der Waals surface area contributed by atoms with E-state index in [1.165, 1.54) is 22.0 Å². The standard InChI is InChI=1S/C18H20N2O/c1-13-7-9-14(10-8-13)21-18-16(11-12-19)15-5-3-4-6-17(15)20(18)2/h3-10H,11-12,19H2,1-2H3. The van der Waals surface area contributed by atoms with E-state index in [9.17, 15) is 0 Å². The third-order valence-electron chi connectivity index (χ3n) is 3.78. The van der Waals surface area contributed by atoms with Gasteiger partial charge in [-0.3, -0.25) is 0 Å². The number of benzene rings is 2. The second kappa shape index (κ2) is 5.62. The van der Waals surface area contributed by atoms with Crippen LogP contribution < -0.4 is 10.5 Å². The molecule has 0 aliphatic rings. The Kier molecular flexibility index (Phi) is 3.67. The molecule has 3 heteroatoms. The zero-order valence-corrected chi connectivity index (χ0v) is 12.5. The lowest BCUT2D eigenvalue weighted by Crippen LogP contribution is -2.04. The smallest absolute Gasteiger partial charge is 0.204 e. The van der Waals surface area contributed by atoms with Crippen LogP contribution in [0.3, 0.4) is 0 Å². The summed E-state index contributed by atoms with van der Waals surface area (Å²) in [6, 6.07) is 16.4. The number of para-hydroxylation sites is 1. The molecular formula is C18H20N2O. The molecule has 1 aromatic heterocycles. The Morgan fingerprint density at radius 1 is 1.05 bits per heavy atom. The van der Waals surface area contributed by atoms with Gasteiger partial charge in [-0.2, -0.15) is 0 Å². The predicted octanol–water partition coefficient (Wildman–Crippen LogP) is 3.78. The van der Waals surface area contributed by atoms with Crippen LogP contribution in [0.5, 0.6) is 11.6 Å². The lowest BCUT2D eigenvalue weighted by atomic mass is 10.1. The highest BCUT2D eigenvalue weighted by Crippen LogP contribution is 2.34. The van der Waals surface area contributed by atoms with Gasteiger partial charge in [-0.25, -0.2) is 0 Å². The molecule has 0 amide bonds. The largest absolute Gasteiger partial charge is 0.441 e. The summed E-state index contributed by atoms with van der Waals surface area (Å²) in [4.78, 5) is 0. The van der Waals surface area contributed by atoms with Gasteiger partial charge in [-0.15, -0.1) is 0 Å². The summed E-state index contributed by atoms with van der Waals surface area (Å²) in [6.45, 7) is 2.68. The predicted molar refractivity (Wildman–Crippen MR) is 86.9 cm³/mol. The minimum atomic E-state index is 0.609. The first-order valence-corrected chi connectivity index (χ1v) is 7.21. The monoisotopic (exact) mass is 280 g/mol. The summed E-state index contributed by atoms with van der Waals surface area (Å²) in [5.74, 6) is 1.73. The Hall–Kier alpha value is -2.26. The van der Waals surface area contributed by atoms with E-state index >= 15 is 0 Å². The van der Waals surface area contributed by atoms with Crippen molar-refractivity contribution in [2.45, 2.75) is 13.3 Å². The zero-order valence-electron chi connectivity index (χ0n) is 12.5. The summed E-state index contributed by atoms with van der Waals surface area (Å²) in [5.41, 5.74) is 9.35. The zero-order chi connectivity index (χ0) is 14.8. The van der Waals surface area contributed by atoms with Crippen LogP contribution in [0.25, 0.3) is 10.9 Å². The number of nitrogens with zero attached hydrogens (tertiary/aromatic N) is 1. The molecular weight excluding hydrogens is 260 g/mol. The Bertz CT molecular complexity index is 757. The topological polar surface area (TPSA) is 40.2 Å². The number of ether oxygens (including phenoxy) is 1. The van der Waals surface area contributed by atoms with Crippen LogP contribution in [0, 0.1) is 6.92 Å². The molecule has 0 saturated carbocycles. The van der Waals surface area contributed by atoms with Crippen LogP contribution in [0.4, 0.5) is 0 Å². The van der Waals surface area contributed by atoms with Gasteiger partial charge < -0.3 is 15.0 Å². The van der Waals surface area contributed by atoms with E-state index in [4.69, 9.17) is 10.5 Å². The molecule has 0 spiro atoms. The van der Waals surface area contributed by atoms with E-state index in [0.29, 0.717) is 6.54 Å².